The molecule has 0 saturated carbocycles. The van der Waals surface area contributed by atoms with Crippen LogP contribution in [0.2, 0.25) is 0 Å². The van der Waals surface area contributed by atoms with E-state index in [1.54, 1.807) is 11.3 Å². The molecule has 1 aromatic carbocycles. The minimum Gasteiger partial charge on any atom is -0.310 e. The average molecular weight is 468 g/mol. The van der Waals surface area contributed by atoms with E-state index in [2.05, 4.69) is 89.7 Å². The van der Waals surface area contributed by atoms with Gasteiger partial charge >= 0.3 is 0 Å². The Kier molecular flexibility index (Phi) is 6.09. The molecule has 2 aromatic rings. The lowest BCUT2D eigenvalue weighted by molar-refractivity contribution is 0.551. The number of halogens is 3. The van der Waals surface area contributed by atoms with E-state index in [-0.39, 0.29) is 0 Å². The highest BCUT2D eigenvalue weighted by Crippen LogP contribution is 2.31. The Labute approximate surface area is 143 Å². The minimum atomic E-state index is 0.322. The molecule has 0 fully saturated rings. The lowest BCUT2D eigenvalue weighted by atomic mass is 10.0. The first-order valence-corrected chi connectivity index (χ1v) is 9.27. The van der Waals surface area contributed by atoms with Gasteiger partial charge in [-0.3, -0.25) is 0 Å². The summed E-state index contributed by atoms with van der Waals surface area (Å²) < 4.78 is 3.43. The summed E-state index contributed by atoms with van der Waals surface area (Å²) in [6, 6.07) is 8.84. The average Bonchev–Trinajstić information content (AvgIpc) is 2.77. The van der Waals surface area contributed by atoms with Crippen molar-refractivity contribution in [2.75, 3.05) is 6.54 Å². The van der Waals surface area contributed by atoms with E-state index in [9.17, 15) is 0 Å². The van der Waals surface area contributed by atoms with Crippen molar-refractivity contribution < 1.29 is 0 Å². The van der Waals surface area contributed by atoms with Gasteiger partial charge in [0.2, 0.25) is 0 Å². The molecule has 0 saturated heterocycles. The molecule has 0 aliphatic heterocycles. The molecular formula is C14H14Br3NS. The second-order valence-electron chi connectivity index (χ2n) is 4.21. The molecule has 2 rings (SSSR count). The van der Waals surface area contributed by atoms with Gasteiger partial charge in [-0.15, -0.1) is 11.3 Å². The van der Waals surface area contributed by atoms with Gasteiger partial charge in [-0.2, -0.15) is 0 Å². The molecule has 0 aliphatic carbocycles. The topological polar surface area (TPSA) is 12.0 Å². The Bertz CT molecular complexity index is 553. The molecule has 1 atom stereocenters. The van der Waals surface area contributed by atoms with Gasteiger partial charge in [0.05, 0.1) is 0 Å². The van der Waals surface area contributed by atoms with Crippen LogP contribution >= 0.6 is 59.1 Å². The Morgan fingerprint density at radius 2 is 1.95 bits per heavy atom. The maximum atomic E-state index is 3.65. The third-order valence-electron chi connectivity index (χ3n) is 2.81. The quantitative estimate of drug-likeness (QED) is 0.574. The van der Waals surface area contributed by atoms with Crippen molar-refractivity contribution >= 4 is 59.1 Å². The summed E-state index contributed by atoms with van der Waals surface area (Å²) in [5, 5.41) is 5.70. The molecule has 0 spiro atoms. The Morgan fingerprint density at radius 1 is 1.16 bits per heavy atom. The molecule has 1 aromatic heterocycles. The molecule has 0 aliphatic rings. The van der Waals surface area contributed by atoms with E-state index >= 15 is 0 Å². The molecule has 1 heterocycles. The summed E-state index contributed by atoms with van der Waals surface area (Å²) >= 11 is 12.5. The summed E-state index contributed by atoms with van der Waals surface area (Å²) in [5.74, 6) is 0. The van der Waals surface area contributed by atoms with Gasteiger partial charge in [-0.05, 0) is 52.3 Å². The number of thiophene rings is 1. The fourth-order valence-electron chi connectivity index (χ4n) is 1.98. The van der Waals surface area contributed by atoms with Crippen LogP contribution in [-0.4, -0.2) is 6.54 Å². The Balaban J connectivity index is 2.26. The van der Waals surface area contributed by atoms with E-state index in [1.807, 2.05) is 0 Å². The maximum Gasteiger partial charge on any atom is 0.0380 e. The van der Waals surface area contributed by atoms with Crippen LogP contribution in [0.4, 0.5) is 0 Å². The highest BCUT2D eigenvalue weighted by molar-refractivity contribution is 9.11. The number of hydrogen-bond donors (Lipinski definition) is 1. The van der Waals surface area contributed by atoms with E-state index in [0.29, 0.717) is 6.04 Å². The van der Waals surface area contributed by atoms with E-state index in [0.717, 1.165) is 26.4 Å². The van der Waals surface area contributed by atoms with Crippen molar-refractivity contribution in [1.82, 2.24) is 5.32 Å². The smallest absolute Gasteiger partial charge is 0.0380 e. The molecule has 1 nitrogen and oxygen atoms in total. The lowest BCUT2D eigenvalue weighted by Crippen LogP contribution is -2.23. The summed E-state index contributed by atoms with van der Waals surface area (Å²) in [4.78, 5) is 1.38. The van der Waals surface area contributed by atoms with Crippen molar-refractivity contribution in [2.24, 2.45) is 0 Å². The summed E-state index contributed by atoms with van der Waals surface area (Å²) in [6.07, 6.45) is 0.999. The highest BCUT2D eigenvalue weighted by atomic mass is 79.9. The second-order valence-corrected chi connectivity index (χ2v) is 7.89. The molecule has 5 heteroatoms. The zero-order valence-corrected chi connectivity index (χ0v) is 16.0. The SMILES string of the molecule is CCNC(Cc1cc(Br)cs1)c1cc(Br)ccc1Br. The molecule has 1 unspecified atom stereocenters. The van der Waals surface area contributed by atoms with Crippen LogP contribution in [0, 0.1) is 0 Å². The van der Waals surface area contributed by atoms with E-state index < -0.39 is 0 Å². The summed E-state index contributed by atoms with van der Waals surface area (Å²) in [6.45, 7) is 3.10. The largest absolute Gasteiger partial charge is 0.310 e. The van der Waals surface area contributed by atoms with Crippen molar-refractivity contribution in [2.45, 2.75) is 19.4 Å². The zero-order valence-electron chi connectivity index (χ0n) is 10.4. The fraction of sp³-hybridized carbons (Fsp3) is 0.286. The van der Waals surface area contributed by atoms with Crippen LogP contribution in [0.1, 0.15) is 23.4 Å². The van der Waals surface area contributed by atoms with Gasteiger partial charge in [0.15, 0.2) is 0 Å². The first kappa shape index (κ1) is 15.7. The van der Waals surface area contributed by atoms with Gasteiger partial charge in [0.25, 0.3) is 0 Å². The first-order chi connectivity index (χ1) is 9.10. The van der Waals surface area contributed by atoms with Crippen molar-refractivity contribution in [3.05, 3.63) is 53.5 Å². The summed E-state index contributed by atoms with van der Waals surface area (Å²) in [5.41, 5.74) is 1.29. The Morgan fingerprint density at radius 3 is 2.58 bits per heavy atom. The monoisotopic (exact) mass is 465 g/mol. The predicted octanol–water partition coefficient (Wildman–Crippen LogP) is 5.93. The second kappa shape index (κ2) is 7.36. The molecule has 102 valence electrons. The third kappa shape index (κ3) is 4.39. The number of nitrogens with one attached hydrogen (secondary N) is 1. The van der Waals surface area contributed by atoms with Crippen LogP contribution in [0.3, 0.4) is 0 Å². The van der Waals surface area contributed by atoms with Gasteiger partial charge in [-0.1, -0.05) is 38.8 Å². The number of rotatable bonds is 5. The van der Waals surface area contributed by atoms with Crippen molar-refractivity contribution in [3.8, 4) is 0 Å². The van der Waals surface area contributed by atoms with Crippen molar-refractivity contribution in [1.29, 1.82) is 0 Å². The molecular weight excluding hydrogens is 454 g/mol. The standard InChI is InChI=1S/C14H14Br3NS/c1-2-18-14(7-11-5-10(16)8-19-11)12-6-9(15)3-4-13(12)17/h3-6,8,14,18H,2,7H2,1H3. The molecule has 0 radical (unpaired) electrons. The van der Waals surface area contributed by atoms with Crippen LogP contribution < -0.4 is 5.32 Å². The van der Waals surface area contributed by atoms with Crippen molar-refractivity contribution in [3.63, 3.8) is 0 Å². The highest BCUT2D eigenvalue weighted by Gasteiger charge is 2.15. The summed E-state index contributed by atoms with van der Waals surface area (Å²) in [7, 11) is 0. The third-order valence-corrected chi connectivity index (χ3v) is 5.75. The van der Waals surface area contributed by atoms with Crippen LogP contribution in [0.25, 0.3) is 0 Å². The number of likely N-dealkylation sites (N-methyl/N-ethyl adjacent to an activating group) is 1. The van der Waals surface area contributed by atoms with Gasteiger partial charge in [-0.25, -0.2) is 0 Å². The molecule has 0 amide bonds. The zero-order chi connectivity index (χ0) is 13.8. The fourth-order valence-corrected chi connectivity index (χ4v) is 4.38. The minimum absolute atomic E-state index is 0.322. The number of benzene rings is 1. The van der Waals surface area contributed by atoms with Gasteiger partial charge < -0.3 is 5.32 Å². The van der Waals surface area contributed by atoms with Gasteiger partial charge in [0, 0.05) is 36.1 Å². The van der Waals surface area contributed by atoms with Crippen LogP contribution in [0.15, 0.2) is 43.1 Å². The van der Waals surface area contributed by atoms with E-state index in [1.165, 1.54) is 10.4 Å². The first-order valence-electron chi connectivity index (χ1n) is 6.01. The van der Waals surface area contributed by atoms with Crippen LogP contribution in [0.5, 0.6) is 0 Å². The lowest BCUT2D eigenvalue weighted by Gasteiger charge is -2.19. The normalized spacial score (nSPS) is 12.6. The Hall–Kier alpha value is 0.320. The molecule has 0 bridgehead atoms. The maximum absolute atomic E-state index is 3.65. The predicted molar refractivity (Wildman–Crippen MR) is 94.0 cm³/mol. The van der Waals surface area contributed by atoms with Gasteiger partial charge in [0.1, 0.15) is 0 Å². The molecule has 1 N–H and O–H groups in total. The number of hydrogen-bond acceptors (Lipinski definition) is 2. The van der Waals surface area contributed by atoms with E-state index in [4.69, 9.17) is 0 Å². The van der Waals surface area contributed by atoms with Crippen LogP contribution in [-0.2, 0) is 6.42 Å². The molecule has 19 heavy (non-hydrogen) atoms.